The van der Waals surface area contributed by atoms with Gasteiger partial charge in [-0.1, -0.05) is 0 Å². The minimum Gasteiger partial charge on any atom is -0.467 e. The molecule has 0 amide bonds. The normalized spacial score (nSPS) is 13.8. The molecule has 0 heterocycles. The van der Waals surface area contributed by atoms with E-state index in [-0.39, 0.29) is 18.0 Å². The standard InChI is InChI=1S/C9H20N4O2/c1-6(2)12-9(10)13-7(5-11-3)8(14)15-4/h6-7,11H,5H2,1-4H3,(H3,10,12,13). The Balaban J connectivity index is 4.34. The number of ether oxygens (including phenoxy) is 1. The van der Waals surface area contributed by atoms with Crippen LogP contribution in [0.5, 0.6) is 0 Å². The topological polar surface area (TPSA) is 88.7 Å². The summed E-state index contributed by atoms with van der Waals surface area (Å²) in [5, 5.41) is 5.66. The number of hydrogen-bond acceptors (Lipinski definition) is 4. The molecule has 1 unspecified atom stereocenters. The van der Waals surface area contributed by atoms with Crippen molar-refractivity contribution in [2.45, 2.75) is 25.9 Å². The Morgan fingerprint density at radius 1 is 1.53 bits per heavy atom. The first-order valence-corrected chi connectivity index (χ1v) is 4.83. The predicted octanol–water partition coefficient (Wildman–Crippen LogP) is -0.940. The maximum absolute atomic E-state index is 11.3. The number of esters is 1. The highest BCUT2D eigenvalue weighted by molar-refractivity contribution is 5.85. The Morgan fingerprint density at radius 2 is 2.13 bits per heavy atom. The van der Waals surface area contributed by atoms with E-state index in [1.807, 2.05) is 13.8 Å². The number of carbonyl (C=O) groups is 1. The van der Waals surface area contributed by atoms with Gasteiger partial charge in [-0.05, 0) is 20.9 Å². The van der Waals surface area contributed by atoms with Gasteiger partial charge < -0.3 is 21.1 Å². The van der Waals surface area contributed by atoms with Crippen molar-refractivity contribution in [3.8, 4) is 0 Å². The van der Waals surface area contributed by atoms with Crippen molar-refractivity contribution < 1.29 is 9.53 Å². The monoisotopic (exact) mass is 216 g/mol. The SMILES string of the molecule is CNCC(N/C(N)=N\C(C)C)C(=O)OC. The van der Waals surface area contributed by atoms with Gasteiger partial charge in [0.05, 0.1) is 7.11 Å². The molecule has 0 aliphatic carbocycles. The van der Waals surface area contributed by atoms with Gasteiger partial charge in [0.1, 0.15) is 6.04 Å². The zero-order valence-electron chi connectivity index (χ0n) is 9.70. The lowest BCUT2D eigenvalue weighted by atomic mass is 10.3. The summed E-state index contributed by atoms with van der Waals surface area (Å²) in [4.78, 5) is 15.4. The molecule has 0 saturated heterocycles. The molecule has 0 aliphatic heterocycles. The fraction of sp³-hybridized carbons (Fsp3) is 0.778. The fourth-order valence-electron chi connectivity index (χ4n) is 1.03. The van der Waals surface area contributed by atoms with E-state index in [2.05, 4.69) is 20.4 Å². The molecule has 0 fully saturated rings. The Bertz CT molecular complexity index is 228. The first kappa shape index (κ1) is 13.7. The largest absolute Gasteiger partial charge is 0.467 e. The summed E-state index contributed by atoms with van der Waals surface area (Å²) in [5.41, 5.74) is 5.60. The highest BCUT2D eigenvalue weighted by atomic mass is 16.5. The number of nitrogens with two attached hydrogens (primary N) is 1. The van der Waals surface area contributed by atoms with Crippen molar-refractivity contribution in [2.75, 3.05) is 20.7 Å². The van der Waals surface area contributed by atoms with Crippen LogP contribution in [0, 0.1) is 0 Å². The Hall–Kier alpha value is -1.30. The van der Waals surface area contributed by atoms with Gasteiger partial charge in [0, 0.05) is 12.6 Å². The molecule has 0 rings (SSSR count). The summed E-state index contributed by atoms with van der Waals surface area (Å²) in [6.45, 7) is 4.24. The third-order valence-electron chi connectivity index (χ3n) is 1.61. The summed E-state index contributed by atoms with van der Waals surface area (Å²) in [7, 11) is 3.08. The lowest BCUT2D eigenvalue weighted by Gasteiger charge is -2.16. The highest BCUT2D eigenvalue weighted by Crippen LogP contribution is 1.88. The zero-order chi connectivity index (χ0) is 11.8. The Labute approximate surface area is 90.3 Å². The summed E-state index contributed by atoms with van der Waals surface area (Å²) in [6.07, 6.45) is 0. The van der Waals surface area contributed by atoms with Crippen molar-refractivity contribution in [3.63, 3.8) is 0 Å². The van der Waals surface area contributed by atoms with E-state index < -0.39 is 6.04 Å². The highest BCUT2D eigenvalue weighted by Gasteiger charge is 2.18. The molecule has 0 aromatic rings. The van der Waals surface area contributed by atoms with Crippen molar-refractivity contribution in [1.82, 2.24) is 10.6 Å². The van der Waals surface area contributed by atoms with Crippen molar-refractivity contribution >= 4 is 11.9 Å². The van der Waals surface area contributed by atoms with Crippen LogP contribution in [0.1, 0.15) is 13.8 Å². The van der Waals surface area contributed by atoms with Crippen LogP contribution >= 0.6 is 0 Å². The molecular weight excluding hydrogens is 196 g/mol. The molecule has 88 valence electrons. The van der Waals surface area contributed by atoms with E-state index in [1.54, 1.807) is 7.05 Å². The lowest BCUT2D eigenvalue weighted by Crippen LogP contribution is -2.50. The molecule has 1 atom stereocenters. The van der Waals surface area contributed by atoms with Gasteiger partial charge in [0.2, 0.25) is 0 Å². The number of nitrogens with one attached hydrogen (secondary N) is 2. The minimum absolute atomic E-state index is 0.0883. The molecule has 0 saturated carbocycles. The van der Waals surface area contributed by atoms with Gasteiger partial charge in [-0.25, -0.2) is 4.79 Å². The summed E-state index contributed by atoms with van der Waals surface area (Å²) in [5.74, 6) is -0.123. The molecule has 15 heavy (non-hydrogen) atoms. The van der Waals surface area contributed by atoms with E-state index in [0.29, 0.717) is 6.54 Å². The van der Waals surface area contributed by atoms with Crippen LogP contribution in [0.3, 0.4) is 0 Å². The van der Waals surface area contributed by atoms with Gasteiger partial charge in [-0.15, -0.1) is 0 Å². The molecule has 0 aromatic heterocycles. The third-order valence-corrected chi connectivity index (χ3v) is 1.61. The molecule has 0 spiro atoms. The first-order valence-electron chi connectivity index (χ1n) is 4.83. The zero-order valence-corrected chi connectivity index (χ0v) is 9.70. The molecule has 0 aliphatic rings. The second-order valence-corrected chi connectivity index (χ2v) is 3.39. The molecular formula is C9H20N4O2. The second-order valence-electron chi connectivity index (χ2n) is 3.39. The van der Waals surface area contributed by atoms with Crippen LogP contribution in [0.25, 0.3) is 0 Å². The predicted molar refractivity (Wildman–Crippen MR) is 59.6 cm³/mol. The number of methoxy groups -OCH3 is 1. The lowest BCUT2D eigenvalue weighted by molar-refractivity contribution is -0.142. The second kappa shape index (κ2) is 7.05. The number of nitrogens with zero attached hydrogens (tertiary/aromatic N) is 1. The van der Waals surface area contributed by atoms with E-state index >= 15 is 0 Å². The van der Waals surface area contributed by atoms with Crippen LogP contribution < -0.4 is 16.4 Å². The van der Waals surface area contributed by atoms with Gasteiger partial charge in [0.25, 0.3) is 0 Å². The van der Waals surface area contributed by atoms with E-state index in [4.69, 9.17) is 5.73 Å². The quantitative estimate of drug-likeness (QED) is 0.313. The van der Waals surface area contributed by atoms with Crippen LogP contribution in [-0.2, 0) is 9.53 Å². The van der Waals surface area contributed by atoms with E-state index in [9.17, 15) is 4.79 Å². The average molecular weight is 216 g/mol. The number of guanidine groups is 1. The molecule has 0 radical (unpaired) electrons. The number of carbonyl (C=O) groups excluding carboxylic acids is 1. The molecule has 4 N–H and O–H groups in total. The molecule has 0 aromatic carbocycles. The van der Waals surface area contributed by atoms with Gasteiger partial charge in [-0.2, -0.15) is 0 Å². The molecule has 6 nitrogen and oxygen atoms in total. The van der Waals surface area contributed by atoms with Crippen molar-refractivity contribution in [1.29, 1.82) is 0 Å². The van der Waals surface area contributed by atoms with Crippen LogP contribution in [0.4, 0.5) is 0 Å². The number of rotatable bonds is 5. The maximum Gasteiger partial charge on any atom is 0.329 e. The third kappa shape index (κ3) is 5.90. The van der Waals surface area contributed by atoms with Gasteiger partial charge >= 0.3 is 5.97 Å². The number of likely N-dealkylation sites (N-methyl/N-ethyl adjacent to an activating group) is 1. The van der Waals surface area contributed by atoms with Crippen LogP contribution in [-0.4, -0.2) is 44.7 Å². The van der Waals surface area contributed by atoms with Gasteiger partial charge in [-0.3, -0.25) is 4.99 Å². The van der Waals surface area contributed by atoms with E-state index in [0.717, 1.165) is 0 Å². The maximum atomic E-state index is 11.3. The Kier molecular flexibility index (Phi) is 6.44. The number of hydrogen-bond donors (Lipinski definition) is 3. The first-order chi connectivity index (χ1) is 7.01. The van der Waals surface area contributed by atoms with Crippen LogP contribution in [0.15, 0.2) is 4.99 Å². The summed E-state index contributed by atoms with van der Waals surface area (Å²) in [6, 6.07) is -0.423. The molecule has 6 heteroatoms. The summed E-state index contributed by atoms with van der Waals surface area (Å²) < 4.78 is 4.62. The molecule has 0 bridgehead atoms. The van der Waals surface area contributed by atoms with E-state index in [1.165, 1.54) is 7.11 Å². The van der Waals surface area contributed by atoms with Crippen molar-refractivity contribution in [2.24, 2.45) is 10.7 Å². The minimum atomic E-state index is -0.512. The van der Waals surface area contributed by atoms with Gasteiger partial charge in [0.15, 0.2) is 5.96 Å². The fourth-order valence-corrected chi connectivity index (χ4v) is 1.03. The van der Waals surface area contributed by atoms with Crippen molar-refractivity contribution in [3.05, 3.63) is 0 Å². The number of aliphatic imine (C=N–C) groups is 1. The summed E-state index contributed by atoms with van der Waals surface area (Å²) >= 11 is 0. The van der Waals surface area contributed by atoms with Crippen LogP contribution in [0.2, 0.25) is 0 Å². The Morgan fingerprint density at radius 3 is 2.53 bits per heavy atom. The average Bonchev–Trinajstić information content (AvgIpc) is 2.14. The smallest absolute Gasteiger partial charge is 0.329 e.